The Labute approximate surface area is 164 Å². The first-order valence-corrected chi connectivity index (χ1v) is 8.77. The summed E-state index contributed by atoms with van der Waals surface area (Å²) in [6, 6.07) is 16.3. The maximum atomic E-state index is 12.6. The number of carbonyl (C=O) groups is 1. The molecule has 0 spiro atoms. The van der Waals surface area contributed by atoms with Crippen molar-refractivity contribution < 1.29 is 18.6 Å². The summed E-state index contributed by atoms with van der Waals surface area (Å²) >= 11 is 5.97. The highest BCUT2D eigenvalue weighted by Gasteiger charge is 2.23. The van der Waals surface area contributed by atoms with Gasteiger partial charge in [-0.3, -0.25) is 0 Å². The molecule has 0 aliphatic heterocycles. The summed E-state index contributed by atoms with van der Waals surface area (Å²) in [6.45, 7) is 1.48. The SMILES string of the molecule is Cc1onc(-c2ccccc2)c1C(=O)OCc1nc(-c2cccc(Cl)c2)no1. The topological polar surface area (TPSA) is 91.2 Å². The number of hydrogen-bond donors (Lipinski definition) is 0. The summed E-state index contributed by atoms with van der Waals surface area (Å²) in [4.78, 5) is 16.8. The van der Waals surface area contributed by atoms with E-state index in [0.29, 0.717) is 27.9 Å². The van der Waals surface area contributed by atoms with Crippen molar-refractivity contribution >= 4 is 17.6 Å². The zero-order valence-electron chi connectivity index (χ0n) is 14.8. The summed E-state index contributed by atoms with van der Waals surface area (Å²) in [5.74, 6) is 0.312. The molecule has 0 saturated heterocycles. The number of ether oxygens (including phenoxy) is 1. The van der Waals surface area contributed by atoms with Gasteiger partial charge in [-0.1, -0.05) is 64.4 Å². The fourth-order valence-corrected chi connectivity index (χ4v) is 2.85. The van der Waals surface area contributed by atoms with Gasteiger partial charge in [0.25, 0.3) is 5.89 Å². The Bertz CT molecular complexity index is 1120. The molecule has 0 radical (unpaired) electrons. The standard InChI is InChI=1S/C20H14ClN3O4/c1-12-17(18(23-27-12)13-6-3-2-4-7-13)20(25)26-11-16-22-19(24-28-16)14-8-5-9-15(21)10-14/h2-10H,11H2,1H3. The summed E-state index contributed by atoms with van der Waals surface area (Å²) in [5, 5.41) is 8.42. The number of aryl methyl sites for hydroxylation is 1. The molecule has 0 bridgehead atoms. The number of esters is 1. The lowest BCUT2D eigenvalue weighted by Crippen LogP contribution is -2.07. The van der Waals surface area contributed by atoms with Crippen LogP contribution in [0.5, 0.6) is 0 Å². The van der Waals surface area contributed by atoms with E-state index in [2.05, 4.69) is 15.3 Å². The number of halogens is 1. The quantitative estimate of drug-likeness (QED) is 0.452. The van der Waals surface area contributed by atoms with Gasteiger partial charge in [-0.05, 0) is 19.1 Å². The van der Waals surface area contributed by atoms with Crippen molar-refractivity contribution in [3.63, 3.8) is 0 Å². The van der Waals surface area contributed by atoms with Crippen LogP contribution in [0.1, 0.15) is 22.0 Å². The Balaban J connectivity index is 1.50. The lowest BCUT2D eigenvalue weighted by Gasteiger charge is -2.03. The Morgan fingerprint density at radius 2 is 1.82 bits per heavy atom. The largest absolute Gasteiger partial charge is 0.452 e. The van der Waals surface area contributed by atoms with E-state index in [4.69, 9.17) is 25.4 Å². The van der Waals surface area contributed by atoms with Crippen LogP contribution in [0.25, 0.3) is 22.6 Å². The predicted octanol–water partition coefficient (Wildman–Crippen LogP) is 4.71. The zero-order chi connectivity index (χ0) is 19.5. The number of hydrogen-bond acceptors (Lipinski definition) is 7. The Morgan fingerprint density at radius 3 is 2.61 bits per heavy atom. The molecular formula is C20H14ClN3O4. The van der Waals surface area contributed by atoms with Crippen LogP contribution in [-0.4, -0.2) is 21.3 Å². The zero-order valence-corrected chi connectivity index (χ0v) is 15.5. The second-order valence-electron chi connectivity index (χ2n) is 5.93. The van der Waals surface area contributed by atoms with Crippen molar-refractivity contribution in [1.29, 1.82) is 0 Å². The highest BCUT2D eigenvalue weighted by atomic mass is 35.5. The third-order valence-corrected chi connectivity index (χ3v) is 4.23. The minimum Gasteiger partial charge on any atom is -0.452 e. The van der Waals surface area contributed by atoms with Gasteiger partial charge in [-0.25, -0.2) is 4.79 Å². The molecule has 28 heavy (non-hydrogen) atoms. The van der Waals surface area contributed by atoms with E-state index in [0.717, 1.165) is 5.56 Å². The smallest absolute Gasteiger partial charge is 0.344 e. The van der Waals surface area contributed by atoms with E-state index in [1.807, 2.05) is 30.3 Å². The molecule has 7 nitrogen and oxygen atoms in total. The van der Waals surface area contributed by atoms with Crippen molar-refractivity contribution in [3.8, 4) is 22.6 Å². The number of rotatable bonds is 5. The van der Waals surface area contributed by atoms with Crippen molar-refractivity contribution in [1.82, 2.24) is 15.3 Å². The highest BCUT2D eigenvalue weighted by Crippen LogP contribution is 2.26. The van der Waals surface area contributed by atoms with E-state index in [-0.39, 0.29) is 18.1 Å². The van der Waals surface area contributed by atoms with E-state index in [1.54, 1.807) is 31.2 Å². The van der Waals surface area contributed by atoms with Crippen molar-refractivity contribution in [3.05, 3.63) is 76.8 Å². The van der Waals surface area contributed by atoms with Gasteiger partial charge in [0, 0.05) is 16.1 Å². The fraction of sp³-hybridized carbons (Fsp3) is 0.100. The summed E-state index contributed by atoms with van der Waals surface area (Å²) < 4.78 is 15.7. The molecule has 0 amide bonds. The van der Waals surface area contributed by atoms with Crippen LogP contribution < -0.4 is 0 Å². The Morgan fingerprint density at radius 1 is 1.04 bits per heavy atom. The number of carbonyl (C=O) groups excluding carboxylic acids is 1. The molecule has 2 heterocycles. The molecule has 4 rings (SSSR count). The molecule has 4 aromatic rings. The molecule has 140 valence electrons. The lowest BCUT2D eigenvalue weighted by molar-refractivity contribution is 0.0428. The second kappa shape index (κ2) is 7.66. The third-order valence-electron chi connectivity index (χ3n) is 3.99. The highest BCUT2D eigenvalue weighted by molar-refractivity contribution is 6.30. The van der Waals surface area contributed by atoms with E-state index in [9.17, 15) is 4.79 Å². The minimum absolute atomic E-state index is 0.165. The van der Waals surface area contributed by atoms with Gasteiger partial charge >= 0.3 is 5.97 Å². The molecule has 0 N–H and O–H groups in total. The molecule has 0 aliphatic carbocycles. The molecule has 0 saturated carbocycles. The molecule has 0 aliphatic rings. The molecular weight excluding hydrogens is 382 g/mol. The van der Waals surface area contributed by atoms with Gasteiger partial charge in [0.15, 0.2) is 6.61 Å². The van der Waals surface area contributed by atoms with Crippen LogP contribution in [0.15, 0.2) is 63.6 Å². The van der Waals surface area contributed by atoms with Crippen molar-refractivity contribution in [2.24, 2.45) is 0 Å². The van der Waals surface area contributed by atoms with Crippen LogP contribution in [-0.2, 0) is 11.3 Å². The maximum absolute atomic E-state index is 12.6. The van der Waals surface area contributed by atoms with E-state index < -0.39 is 5.97 Å². The van der Waals surface area contributed by atoms with Crippen LogP contribution in [0.3, 0.4) is 0 Å². The second-order valence-corrected chi connectivity index (χ2v) is 6.36. The van der Waals surface area contributed by atoms with Crippen LogP contribution >= 0.6 is 11.6 Å². The van der Waals surface area contributed by atoms with E-state index >= 15 is 0 Å². The average molecular weight is 396 g/mol. The number of benzene rings is 2. The molecule has 0 unspecified atom stereocenters. The monoisotopic (exact) mass is 395 g/mol. The number of nitrogens with zero attached hydrogens (tertiary/aromatic N) is 3. The van der Waals surface area contributed by atoms with Crippen molar-refractivity contribution in [2.75, 3.05) is 0 Å². The molecule has 2 aromatic carbocycles. The van der Waals surface area contributed by atoms with Gasteiger partial charge in [-0.15, -0.1) is 0 Å². The summed E-state index contributed by atoms with van der Waals surface area (Å²) in [6.07, 6.45) is 0. The first-order valence-electron chi connectivity index (χ1n) is 8.39. The van der Waals surface area contributed by atoms with Gasteiger partial charge in [-0.2, -0.15) is 4.98 Å². The summed E-state index contributed by atoms with van der Waals surface area (Å²) in [7, 11) is 0. The normalized spacial score (nSPS) is 10.8. The summed E-state index contributed by atoms with van der Waals surface area (Å²) in [5.41, 5.74) is 2.15. The maximum Gasteiger partial charge on any atom is 0.344 e. The molecule has 8 heteroatoms. The molecule has 2 aromatic heterocycles. The van der Waals surface area contributed by atoms with Crippen molar-refractivity contribution in [2.45, 2.75) is 13.5 Å². The first-order chi connectivity index (χ1) is 13.6. The Kier molecular flexibility index (Phi) is 4.90. The van der Waals surface area contributed by atoms with Crippen LogP contribution in [0.2, 0.25) is 5.02 Å². The third kappa shape index (κ3) is 3.65. The Hall–Kier alpha value is -3.45. The minimum atomic E-state index is -0.583. The van der Waals surface area contributed by atoms with E-state index in [1.165, 1.54) is 0 Å². The van der Waals surface area contributed by atoms with Crippen LogP contribution in [0, 0.1) is 6.92 Å². The average Bonchev–Trinajstić information content (AvgIpc) is 3.34. The van der Waals surface area contributed by atoms with Crippen LogP contribution in [0.4, 0.5) is 0 Å². The molecule has 0 fully saturated rings. The van der Waals surface area contributed by atoms with Gasteiger partial charge < -0.3 is 13.8 Å². The lowest BCUT2D eigenvalue weighted by atomic mass is 10.1. The number of aromatic nitrogens is 3. The first kappa shape index (κ1) is 17.9. The predicted molar refractivity (Wildman–Crippen MR) is 101 cm³/mol. The van der Waals surface area contributed by atoms with Gasteiger partial charge in [0.1, 0.15) is 17.0 Å². The van der Waals surface area contributed by atoms with Gasteiger partial charge in [0.05, 0.1) is 0 Å². The molecule has 0 atom stereocenters. The van der Waals surface area contributed by atoms with Gasteiger partial charge in [0.2, 0.25) is 5.82 Å². The fourth-order valence-electron chi connectivity index (χ4n) is 2.66.